The summed E-state index contributed by atoms with van der Waals surface area (Å²) in [4.78, 5) is 14.6. The first kappa shape index (κ1) is 13.7. The van der Waals surface area contributed by atoms with Gasteiger partial charge in [0.1, 0.15) is 5.75 Å². The highest BCUT2D eigenvalue weighted by molar-refractivity contribution is 6.30. The second kappa shape index (κ2) is 5.26. The summed E-state index contributed by atoms with van der Waals surface area (Å²) in [6.07, 6.45) is 2.25. The Bertz CT molecular complexity index is 527. The van der Waals surface area contributed by atoms with Crippen LogP contribution in [0.3, 0.4) is 0 Å². The van der Waals surface area contributed by atoms with Crippen molar-refractivity contribution in [1.82, 2.24) is 10.2 Å². The molecule has 0 aromatic heterocycles. The third kappa shape index (κ3) is 2.38. The fourth-order valence-corrected chi connectivity index (χ4v) is 3.43. The molecule has 1 spiro atoms. The van der Waals surface area contributed by atoms with Gasteiger partial charge in [0.2, 0.25) is 0 Å². The molecule has 4 nitrogen and oxygen atoms in total. The molecule has 1 N–H and O–H groups in total. The Kier molecular flexibility index (Phi) is 3.61. The molecule has 0 aliphatic carbocycles. The molecule has 2 saturated heterocycles. The van der Waals surface area contributed by atoms with E-state index in [9.17, 15) is 4.79 Å². The summed E-state index contributed by atoms with van der Waals surface area (Å²) in [5, 5.41) is 3.98. The summed E-state index contributed by atoms with van der Waals surface area (Å²) in [6.45, 7) is 3.75. The number of rotatable bonds is 2. The summed E-state index contributed by atoms with van der Waals surface area (Å²) in [5.41, 5.74) is 0.884. The fourth-order valence-electron chi connectivity index (χ4n) is 3.26. The highest BCUT2D eigenvalue weighted by Gasteiger charge is 2.42. The van der Waals surface area contributed by atoms with E-state index in [4.69, 9.17) is 16.3 Å². The third-order valence-corrected chi connectivity index (χ3v) is 4.69. The third-order valence-electron chi connectivity index (χ3n) is 4.45. The zero-order valence-corrected chi connectivity index (χ0v) is 12.4. The number of methoxy groups -OCH3 is 1. The minimum absolute atomic E-state index is 0.0438. The van der Waals surface area contributed by atoms with Crippen LogP contribution in [-0.2, 0) is 0 Å². The Morgan fingerprint density at radius 3 is 3.00 bits per heavy atom. The first-order chi connectivity index (χ1) is 9.63. The van der Waals surface area contributed by atoms with E-state index in [0.29, 0.717) is 16.3 Å². The molecular formula is C15H19ClN2O2. The molecule has 1 aromatic rings. The Balaban J connectivity index is 1.80. The molecule has 5 heteroatoms. The van der Waals surface area contributed by atoms with Crippen molar-refractivity contribution in [3.8, 4) is 5.75 Å². The number of nitrogens with zero attached hydrogens (tertiary/aromatic N) is 1. The van der Waals surface area contributed by atoms with Gasteiger partial charge in [0, 0.05) is 30.1 Å². The van der Waals surface area contributed by atoms with Gasteiger partial charge in [0.15, 0.2) is 0 Å². The quantitative estimate of drug-likeness (QED) is 0.909. The minimum Gasteiger partial charge on any atom is -0.496 e. The summed E-state index contributed by atoms with van der Waals surface area (Å²) in [6, 6.07) is 5.18. The Morgan fingerprint density at radius 1 is 1.45 bits per heavy atom. The zero-order valence-electron chi connectivity index (χ0n) is 11.6. The van der Waals surface area contributed by atoms with Crippen LogP contribution in [0.4, 0.5) is 0 Å². The molecule has 1 amide bonds. The van der Waals surface area contributed by atoms with E-state index in [0.717, 1.165) is 39.0 Å². The molecule has 20 heavy (non-hydrogen) atoms. The van der Waals surface area contributed by atoms with Crippen molar-refractivity contribution in [2.45, 2.75) is 12.8 Å². The molecule has 108 valence electrons. The zero-order chi connectivity index (χ0) is 14.2. The maximum absolute atomic E-state index is 12.7. The van der Waals surface area contributed by atoms with E-state index < -0.39 is 0 Å². The monoisotopic (exact) mass is 294 g/mol. The average molecular weight is 295 g/mol. The lowest BCUT2D eigenvalue weighted by Crippen LogP contribution is -2.33. The molecule has 2 aliphatic heterocycles. The van der Waals surface area contributed by atoms with Crippen LogP contribution >= 0.6 is 11.6 Å². The Labute approximate surface area is 124 Å². The van der Waals surface area contributed by atoms with Gasteiger partial charge >= 0.3 is 0 Å². The van der Waals surface area contributed by atoms with E-state index in [1.54, 1.807) is 25.3 Å². The molecule has 1 aromatic carbocycles. The standard InChI is InChI=1S/C15H19ClN2O2/c1-20-13-8-11(16)2-3-12(13)14(19)18-7-5-15(10-18)4-6-17-9-15/h2-3,8,17H,4-7,9-10H2,1H3. The first-order valence-corrected chi connectivity index (χ1v) is 7.35. The van der Waals surface area contributed by atoms with Gasteiger partial charge in [0.25, 0.3) is 5.91 Å². The summed E-state index contributed by atoms with van der Waals surface area (Å²) >= 11 is 5.95. The Hall–Kier alpha value is -1.26. The van der Waals surface area contributed by atoms with E-state index in [1.807, 2.05) is 4.90 Å². The van der Waals surface area contributed by atoms with Crippen LogP contribution in [0.1, 0.15) is 23.2 Å². The lowest BCUT2D eigenvalue weighted by molar-refractivity contribution is 0.0772. The van der Waals surface area contributed by atoms with E-state index in [-0.39, 0.29) is 11.3 Å². The smallest absolute Gasteiger partial charge is 0.257 e. The predicted molar refractivity (Wildman–Crippen MR) is 78.4 cm³/mol. The number of carbonyl (C=O) groups is 1. The van der Waals surface area contributed by atoms with Gasteiger partial charge in [0.05, 0.1) is 12.7 Å². The van der Waals surface area contributed by atoms with E-state index in [2.05, 4.69) is 5.32 Å². The highest BCUT2D eigenvalue weighted by Crippen LogP contribution is 2.37. The topological polar surface area (TPSA) is 41.6 Å². The molecule has 0 radical (unpaired) electrons. The molecule has 0 saturated carbocycles. The molecule has 2 fully saturated rings. The predicted octanol–water partition coefficient (Wildman–Crippen LogP) is 2.17. The van der Waals surface area contributed by atoms with Crippen LogP contribution in [-0.4, -0.2) is 44.1 Å². The van der Waals surface area contributed by atoms with Crippen LogP contribution in [0.25, 0.3) is 0 Å². The second-order valence-corrected chi connectivity index (χ2v) is 6.18. The van der Waals surface area contributed by atoms with Gasteiger partial charge in [-0.15, -0.1) is 0 Å². The van der Waals surface area contributed by atoms with Gasteiger partial charge in [-0.05, 0) is 37.6 Å². The van der Waals surface area contributed by atoms with Gasteiger partial charge in [-0.2, -0.15) is 0 Å². The van der Waals surface area contributed by atoms with Crippen LogP contribution in [0.5, 0.6) is 5.75 Å². The molecule has 1 atom stereocenters. The van der Waals surface area contributed by atoms with Crippen LogP contribution in [0.2, 0.25) is 5.02 Å². The van der Waals surface area contributed by atoms with E-state index in [1.165, 1.54) is 0 Å². The number of hydrogen-bond acceptors (Lipinski definition) is 3. The minimum atomic E-state index is 0.0438. The maximum atomic E-state index is 12.7. The molecular weight excluding hydrogens is 276 g/mol. The second-order valence-electron chi connectivity index (χ2n) is 5.75. The SMILES string of the molecule is COc1cc(Cl)ccc1C(=O)N1CCC2(CCNC2)C1. The number of likely N-dealkylation sites (tertiary alicyclic amines) is 1. The molecule has 2 heterocycles. The van der Waals surface area contributed by atoms with Crippen LogP contribution < -0.4 is 10.1 Å². The molecule has 1 unspecified atom stereocenters. The highest BCUT2D eigenvalue weighted by atomic mass is 35.5. The van der Waals surface area contributed by atoms with Crippen LogP contribution in [0.15, 0.2) is 18.2 Å². The summed E-state index contributed by atoms with van der Waals surface area (Å²) in [7, 11) is 1.56. The summed E-state index contributed by atoms with van der Waals surface area (Å²) in [5.74, 6) is 0.593. The van der Waals surface area contributed by atoms with Gasteiger partial charge in [-0.1, -0.05) is 11.6 Å². The lowest BCUT2D eigenvalue weighted by Gasteiger charge is -2.23. The van der Waals surface area contributed by atoms with Crippen LogP contribution in [0, 0.1) is 5.41 Å². The van der Waals surface area contributed by atoms with E-state index >= 15 is 0 Å². The average Bonchev–Trinajstić information content (AvgIpc) is 3.09. The van der Waals surface area contributed by atoms with Crippen molar-refractivity contribution in [1.29, 1.82) is 0 Å². The largest absolute Gasteiger partial charge is 0.496 e. The lowest BCUT2D eigenvalue weighted by atomic mass is 9.86. The molecule has 3 rings (SSSR count). The number of hydrogen-bond donors (Lipinski definition) is 1. The summed E-state index contributed by atoms with van der Waals surface area (Å²) < 4.78 is 5.28. The maximum Gasteiger partial charge on any atom is 0.257 e. The molecule has 2 aliphatic rings. The van der Waals surface area contributed by atoms with Gasteiger partial charge in [-0.3, -0.25) is 4.79 Å². The first-order valence-electron chi connectivity index (χ1n) is 6.97. The van der Waals surface area contributed by atoms with Crippen molar-refractivity contribution in [2.24, 2.45) is 5.41 Å². The number of amides is 1. The Morgan fingerprint density at radius 2 is 2.30 bits per heavy atom. The number of ether oxygens (including phenoxy) is 1. The number of halogens is 1. The van der Waals surface area contributed by atoms with Crippen molar-refractivity contribution in [3.63, 3.8) is 0 Å². The normalized spacial score (nSPS) is 25.4. The molecule has 0 bridgehead atoms. The van der Waals surface area contributed by atoms with Crippen molar-refractivity contribution < 1.29 is 9.53 Å². The van der Waals surface area contributed by atoms with Gasteiger partial charge < -0.3 is 15.0 Å². The van der Waals surface area contributed by atoms with Crippen molar-refractivity contribution >= 4 is 17.5 Å². The van der Waals surface area contributed by atoms with Crippen molar-refractivity contribution in [3.05, 3.63) is 28.8 Å². The van der Waals surface area contributed by atoms with Gasteiger partial charge in [-0.25, -0.2) is 0 Å². The number of carbonyl (C=O) groups excluding carboxylic acids is 1. The number of nitrogens with one attached hydrogen (secondary N) is 1. The fraction of sp³-hybridized carbons (Fsp3) is 0.533. The van der Waals surface area contributed by atoms with Crippen molar-refractivity contribution in [2.75, 3.05) is 33.3 Å². The number of benzene rings is 1.